The Bertz CT molecular complexity index is 763. The summed E-state index contributed by atoms with van der Waals surface area (Å²) in [4.78, 5) is 15.1. The normalized spacial score (nSPS) is 10.8. The number of aromatic carboxylic acids is 1. The number of nitrogens with zero attached hydrogens (tertiary/aromatic N) is 2. The lowest BCUT2D eigenvalue weighted by Crippen LogP contribution is -1.95. The van der Waals surface area contributed by atoms with E-state index in [1.54, 1.807) is 12.1 Å². The fourth-order valence-electron chi connectivity index (χ4n) is 1.93. The van der Waals surface area contributed by atoms with Gasteiger partial charge in [-0.1, -0.05) is 12.1 Å². The molecule has 0 radical (unpaired) electrons. The molecule has 0 saturated heterocycles. The summed E-state index contributed by atoms with van der Waals surface area (Å²) in [6.07, 6.45) is 3.81. The van der Waals surface area contributed by atoms with Crippen LogP contribution in [0, 0.1) is 3.70 Å². The van der Waals surface area contributed by atoms with E-state index in [9.17, 15) is 4.79 Å². The van der Waals surface area contributed by atoms with Gasteiger partial charge in [0.25, 0.3) is 0 Å². The highest BCUT2D eigenvalue weighted by Gasteiger charge is 2.05. The lowest BCUT2D eigenvalue weighted by molar-refractivity contribution is 0.0697. The fourth-order valence-corrected chi connectivity index (χ4v) is 2.45. The summed E-state index contributed by atoms with van der Waals surface area (Å²) in [6.45, 7) is 0. The molecule has 1 aromatic carbocycles. The quantitative estimate of drug-likeness (QED) is 0.710. The highest BCUT2D eigenvalue weighted by atomic mass is 127. The third-order valence-electron chi connectivity index (χ3n) is 2.93. The van der Waals surface area contributed by atoms with Gasteiger partial charge in [-0.05, 0) is 58.0 Å². The highest BCUT2D eigenvalue weighted by Crippen LogP contribution is 2.21. The lowest BCUT2D eigenvalue weighted by Gasteiger charge is -2.04. The van der Waals surface area contributed by atoms with E-state index in [1.165, 1.54) is 0 Å². The zero-order chi connectivity index (χ0) is 13.4. The van der Waals surface area contributed by atoms with Crippen LogP contribution in [0.5, 0.6) is 0 Å². The Morgan fingerprint density at radius 2 is 1.79 bits per heavy atom. The van der Waals surface area contributed by atoms with Gasteiger partial charge in [0.15, 0.2) is 0 Å². The van der Waals surface area contributed by atoms with E-state index in [0.29, 0.717) is 5.56 Å². The zero-order valence-electron chi connectivity index (χ0n) is 9.75. The van der Waals surface area contributed by atoms with Crippen LogP contribution in [0.3, 0.4) is 0 Å². The van der Waals surface area contributed by atoms with Crippen LogP contribution >= 0.6 is 22.6 Å². The molecule has 2 aromatic heterocycles. The van der Waals surface area contributed by atoms with Crippen molar-refractivity contribution in [2.45, 2.75) is 0 Å². The predicted molar refractivity (Wildman–Crippen MR) is 80.3 cm³/mol. The van der Waals surface area contributed by atoms with Gasteiger partial charge in [-0.25, -0.2) is 9.78 Å². The topological polar surface area (TPSA) is 54.6 Å². The number of benzene rings is 1. The molecule has 5 heteroatoms. The van der Waals surface area contributed by atoms with E-state index >= 15 is 0 Å². The van der Waals surface area contributed by atoms with Crippen molar-refractivity contribution in [2.24, 2.45) is 0 Å². The second kappa shape index (κ2) is 4.65. The first-order valence-corrected chi connectivity index (χ1v) is 6.69. The molecular weight excluding hydrogens is 355 g/mol. The molecule has 3 rings (SSSR count). The maximum atomic E-state index is 10.8. The summed E-state index contributed by atoms with van der Waals surface area (Å²) in [5, 5.41) is 8.88. The molecular formula is C14H9IN2O2. The van der Waals surface area contributed by atoms with Crippen LogP contribution in [0.25, 0.3) is 16.8 Å². The van der Waals surface area contributed by atoms with Crippen LogP contribution in [0.1, 0.15) is 10.4 Å². The number of halogens is 1. The van der Waals surface area contributed by atoms with Gasteiger partial charge in [0.2, 0.25) is 0 Å². The summed E-state index contributed by atoms with van der Waals surface area (Å²) in [5.41, 5.74) is 3.20. The Balaban J connectivity index is 2.08. The van der Waals surface area contributed by atoms with Crippen molar-refractivity contribution in [1.29, 1.82) is 0 Å². The Morgan fingerprint density at radius 3 is 2.47 bits per heavy atom. The molecule has 0 aliphatic rings. The van der Waals surface area contributed by atoms with Crippen molar-refractivity contribution >= 4 is 34.2 Å². The van der Waals surface area contributed by atoms with Crippen molar-refractivity contribution in [2.75, 3.05) is 0 Å². The molecule has 94 valence electrons. The average molecular weight is 364 g/mol. The Hall–Kier alpha value is -1.89. The van der Waals surface area contributed by atoms with Gasteiger partial charge in [-0.15, -0.1) is 0 Å². The van der Waals surface area contributed by atoms with E-state index in [1.807, 2.05) is 41.1 Å². The molecule has 0 spiro atoms. The summed E-state index contributed by atoms with van der Waals surface area (Å²) in [5.74, 6) is -0.911. The van der Waals surface area contributed by atoms with Gasteiger partial charge in [-0.3, -0.25) is 4.40 Å². The van der Waals surface area contributed by atoms with Gasteiger partial charge < -0.3 is 5.11 Å². The minimum Gasteiger partial charge on any atom is -0.478 e. The van der Waals surface area contributed by atoms with Gasteiger partial charge in [0.1, 0.15) is 9.35 Å². The molecule has 3 aromatic rings. The molecule has 2 heterocycles. The first-order chi connectivity index (χ1) is 9.15. The Kier molecular flexibility index (Phi) is 2.98. The van der Waals surface area contributed by atoms with Crippen LogP contribution in [0.2, 0.25) is 0 Å². The smallest absolute Gasteiger partial charge is 0.335 e. The molecule has 0 aliphatic heterocycles. The Labute approximate surface area is 122 Å². The standard InChI is InChI=1S/C14H9IN2O2/c15-12-7-16-13-6-5-11(8-17(12)13)9-1-3-10(4-2-9)14(18)19/h1-8H,(H,18,19). The maximum Gasteiger partial charge on any atom is 0.335 e. The minimum absolute atomic E-state index is 0.294. The molecule has 19 heavy (non-hydrogen) atoms. The average Bonchev–Trinajstić information content (AvgIpc) is 2.80. The van der Waals surface area contributed by atoms with Crippen molar-refractivity contribution in [3.63, 3.8) is 0 Å². The van der Waals surface area contributed by atoms with Crippen LogP contribution in [0.15, 0.2) is 48.8 Å². The van der Waals surface area contributed by atoms with E-state index in [4.69, 9.17) is 5.11 Å². The van der Waals surface area contributed by atoms with Crippen LogP contribution in [-0.2, 0) is 0 Å². The number of fused-ring (bicyclic) bond motifs is 1. The molecule has 0 aliphatic carbocycles. The van der Waals surface area contributed by atoms with Gasteiger partial charge in [0, 0.05) is 6.20 Å². The third kappa shape index (κ3) is 2.21. The van der Waals surface area contributed by atoms with E-state index in [2.05, 4.69) is 27.6 Å². The number of carbonyl (C=O) groups is 1. The number of imidazole rings is 1. The summed E-state index contributed by atoms with van der Waals surface area (Å²) < 4.78 is 3.04. The van der Waals surface area contributed by atoms with Gasteiger partial charge in [-0.2, -0.15) is 0 Å². The molecule has 0 bridgehead atoms. The van der Waals surface area contributed by atoms with Crippen molar-refractivity contribution < 1.29 is 9.90 Å². The molecule has 0 fully saturated rings. The first-order valence-electron chi connectivity index (χ1n) is 5.61. The molecule has 1 N–H and O–H groups in total. The number of carboxylic acid groups (broad SMARTS) is 1. The van der Waals surface area contributed by atoms with Crippen LogP contribution < -0.4 is 0 Å². The molecule has 0 amide bonds. The van der Waals surface area contributed by atoms with Crippen molar-refractivity contribution in [1.82, 2.24) is 9.38 Å². The maximum absolute atomic E-state index is 10.8. The van der Waals surface area contributed by atoms with Crippen molar-refractivity contribution in [3.8, 4) is 11.1 Å². The highest BCUT2D eigenvalue weighted by molar-refractivity contribution is 14.1. The lowest BCUT2D eigenvalue weighted by atomic mass is 10.1. The summed E-state index contributed by atoms with van der Waals surface area (Å²) in [7, 11) is 0. The number of hydrogen-bond donors (Lipinski definition) is 1. The molecule has 0 saturated carbocycles. The third-order valence-corrected chi connectivity index (χ3v) is 3.72. The van der Waals surface area contributed by atoms with Gasteiger partial charge in [0.05, 0.1) is 11.8 Å². The second-order valence-electron chi connectivity index (χ2n) is 4.11. The number of carboxylic acids is 1. The fraction of sp³-hybridized carbons (Fsp3) is 0. The monoisotopic (exact) mass is 364 g/mol. The molecule has 4 nitrogen and oxygen atoms in total. The van der Waals surface area contributed by atoms with Crippen LogP contribution in [-0.4, -0.2) is 20.5 Å². The van der Waals surface area contributed by atoms with E-state index in [0.717, 1.165) is 20.5 Å². The van der Waals surface area contributed by atoms with Crippen LogP contribution in [0.4, 0.5) is 0 Å². The SMILES string of the molecule is O=C(O)c1ccc(-c2ccc3ncc(I)n3c2)cc1. The summed E-state index contributed by atoms with van der Waals surface area (Å²) in [6, 6.07) is 10.8. The zero-order valence-corrected chi connectivity index (χ0v) is 11.9. The molecule has 0 unspecified atom stereocenters. The van der Waals surface area contributed by atoms with E-state index in [-0.39, 0.29) is 0 Å². The largest absolute Gasteiger partial charge is 0.478 e. The first kappa shape index (κ1) is 12.2. The molecule has 0 atom stereocenters. The number of hydrogen-bond acceptors (Lipinski definition) is 2. The van der Waals surface area contributed by atoms with Gasteiger partial charge >= 0.3 is 5.97 Å². The number of rotatable bonds is 2. The number of pyridine rings is 1. The minimum atomic E-state index is -0.911. The predicted octanol–water partition coefficient (Wildman–Crippen LogP) is 3.30. The second-order valence-corrected chi connectivity index (χ2v) is 5.21. The van der Waals surface area contributed by atoms with E-state index < -0.39 is 5.97 Å². The summed E-state index contributed by atoms with van der Waals surface area (Å²) >= 11 is 2.23. The van der Waals surface area contributed by atoms with Crippen molar-refractivity contribution in [3.05, 3.63) is 58.1 Å². The Morgan fingerprint density at radius 1 is 1.11 bits per heavy atom. The number of aromatic nitrogens is 2.